The Morgan fingerprint density at radius 3 is 2.88 bits per heavy atom. The predicted octanol–water partition coefficient (Wildman–Crippen LogP) is 3.13. The van der Waals surface area contributed by atoms with E-state index in [0.29, 0.717) is 0 Å². The maximum atomic E-state index is 4.17. The highest BCUT2D eigenvalue weighted by atomic mass is 15.1. The second kappa shape index (κ2) is 5.04. The zero-order valence-electron chi connectivity index (χ0n) is 10.7. The van der Waals surface area contributed by atoms with Crippen LogP contribution >= 0.6 is 0 Å². The van der Waals surface area contributed by atoms with Crippen LogP contribution in [0.25, 0.3) is 0 Å². The molecule has 3 nitrogen and oxygen atoms in total. The lowest BCUT2D eigenvalue weighted by Gasteiger charge is -2.11. The zero-order chi connectivity index (χ0) is 12.3. The summed E-state index contributed by atoms with van der Waals surface area (Å²) < 4.78 is 2.15. The van der Waals surface area contributed by atoms with E-state index in [1.807, 2.05) is 12.5 Å². The molecule has 0 bridgehead atoms. The molecule has 1 N–H and O–H groups in total. The van der Waals surface area contributed by atoms with Crippen molar-refractivity contribution in [3.63, 3.8) is 0 Å². The number of aromatic nitrogens is 2. The second-order valence-corrected chi connectivity index (χ2v) is 4.34. The highest BCUT2D eigenvalue weighted by molar-refractivity contribution is 5.52. The van der Waals surface area contributed by atoms with Gasteiger partial charge in [-0.2, -0.15) is 0 Å². The summed E-state index contributed by atoms with van der Waals surface area (Å²) in [5.41, 5.74) is 4.97. The number of hydrogen-bond donors (Lipinski definition) is 1. The summed E-state index contributed by atoms with van der Waals surface area (Å²) in [4.78, 5) is 4.17. The van der Waals surface area contributed by atoms with Crippen LogP contribution in [0.3, 0.4) is 0 Å². The van der Waals surface area contributed by atoms with Crippen LogP contribution in [0.15, 0.2) is 30.7 Å². The summed E-state index contributed by atoms with van der Waals surface area (Å²) in [7, 11) is 0. The van der Waals surface area contributed by atoms with Crippen LogP contribution in [0.5, 0.6) is 0 Å². The van der Waals surface area contributed by atoms with Crippen LogP contribution in [0.1, 0.15) is 23.7 Å². The molecule has 0 fully saturated rings. The Balaban J connectivity index is 2.09. The van der Waals surface area contributed by atoms with Crippen molar-refractivity contribution < 1.29 is 0 Å². The van der Waals surface area contributed by atoms with E-state index in [4.69, 9.17) is 0 Å². The average molecular weight is 229 g/mol. The van der Waals surface area contributed by atoms with Gasteiger partial charge in [0.2, 0.25) is 0 Å². The molecule has 1 heterocycles. The molecular weight excluding hydrogens is 210 g/mol. The molecule has 0 amide bonds. The lowest BCUT2D eigenvalue weighted by Crippen LogP contribution is -2.06. The first-order valence-electron chi connectivity index (χ1n) is 6.01. The lowest BCUT2D eigenvalue weighted by atomic mass is 10.1. The number of rotatable bonds is 4. The van der Waals surface area contributed by atoms with Gasteiger partial charge in [0.05, 0.1) is 18.6 Å². The number of anilines is 1. The van der Waals surface area contributed by atoms with Gasteiger partial charge in [-0.3, -0.25) is 0 Å². The molecule has 0 aliphatic heterocycles. The average Bonchev–Trinajstić information content (AvgIpc) is 2.77. The largest absolute Gasteiger partial charge is 0.379 e. The molecule has 0 saturated heterocycles. The Morgan fingerprint density at radius 1 is 1.29 bits per heavy atom. The third kappa shape index (κ3) is 2.67. The van der Waals surface area contributed by atoms with Crippen molar-refractivity contribution in [3.05, 3.63) is 47.5 Å². The first-order valence-corrected chi connectivity index (χ1v) is 6.01. The highest BCUT2D eigenvalue weighted by Gasteiger charge is 2.02. The van der Waals surface area contributed by atoms with Crippen LogP contribution < -0.4 is 5.32 Å². The van der Waals surface area contributed by atoms with Gasteiger partial charge >= 0.3 is 0 Å². The molecule has 0 aliphatic carbocycles. The van der Waals surface area contributed by atoms with Gasteiger partial charge < -0.3 is 9.88 Å². The van der Waals surface area contributed by atoms with E-state index in [1.54, 1.807) is 0 Å². The van der Waals surface area contributed by atoms with E-state index in [2.05, 4.69) is 53.8 Å². The van der Waals surface area contributed by atoms with E-state index in [-0.39, 0.29) is 0 Å². The topological polar surface area (TPSA) is 29.9 Å². The molecule has 0 spiro atoms. The fraction of sp³-hybridized carbons (Fsp3) is 0.357. The molecule has 1 aromatic carbocycles. The Hall–Kier alpha value is -1.77. The maximum Gasteiger partial charge on any atom is 0.0948 e. The molecule has 0 saturated carbocycles. The molecule has 0 aliphatic rings. The van der Waals surface area contributed by atoms with Crippen molar-refractivity contribution in [2.75, 3.05) is 5.32 Å². The van der Waals surface area contributed by atoms with Crippen molar-refractivity contribution in [2.24, 2.45) is 0 Å². The van der Waals surface area contributed by atoms with E-state index in [9.17, 15) is 0 Å². The quantitative estimate of drug-likeness (QED) is 0.873. The monoisotopic (exact) mass is 229 g/mol. The smallest absolute Gasteiger partial charge is 0.0948 e. The van der Waals surface area contributed by atoms with Crippen molar-refractivity contribution in [2.45, 2.75) is 33.9 Å². The summed E-state index contributed by atoms with van der Waals surface area (Å²) in [6, 6.07) is 6.47. The number of nitrogens with zero attached hydrogens (tertiary/aromatic N) is 2. The number of aryl methyl sites for hydroxylation is 3. The van der Waals surface area contributed by atoms with E-state index >= 15 is 0 Å². The molecule has 17 heavy (non-hydrogen) atoms. The van der Waals surface area contributed by atoms with Gasteiger partial charge in [0.15, 0.2) is 0 Å². The Morgan fingerprint density at radius 2 is 2.12 bits per heavy atom. The van der Waals surface area contributed by atoms with Crippen molar-refractivity contribution in [3.8, 4) is 0 Å². The Kier molecular flexibility index (Phi) is 3.47. The summed E-state index contributed by atoms with van der Waals surface area (Å²) in [5, 5.41) is 3.47. The highest BCUT2D eigenvalue weighted by Crippen LogP contribution is 2.17. The molecule has 0 unspecified atom stereocenters. The minimum Gasteiger partial charge on any atom is -0.379 e. The molecule has 1 aromatic heterocycles. The van der Waals surface area contributed by atoms with Gasteiger partial charge in [-0.15, -0.1) is 0 Å². The van der Waals surface area contributed by atoms with Crippen LogP contribution in [-0.2, 0) is 13.1 Å². The first kappa shape index (κ1) is 11.7. The second-order valence-electron chi connectivity index (χ2n) is 4.34. The predicted molar refractivity (Wildman–Crippen MR) is 71.1 cm³/mol. The van der Waals surface area contributed by atoms with Gasteiger partial charge in [-0.05, 0) is 38.0 Å². The minimum absolute atomic E-state index is 0.818. The van der Waals surface area contributed by atoms with E-state index in [1.165, 1.54) is 22.5 Å². The Labute approximate surface area is 103 Å². The minimum atomic E-state index is 0.818. The third-order valence-electron chi connectivity index (χ3n) is 2.99. The summed E-state index contributed by atoms with van der Waals surface area (Å²) in [6.07, 6.45) is 3.79. The molecule has 90 valence electrons. The number of imidazole rings is 1. The third-order valence-corrected chi connectivity index (χ3v) is 2.99. The van der Waals surface area contributed by atoms with Crippen LogP contribution in [-0.4, -0.2) is 9.55 Å². The normalized spacial score (nSPS) is 10.5. The van der Waals surface area contributed by atoms with Gasteiger partial charge in [-0.25, -0.2) is 4.98 Å². The zero-order valence-corrected chi connectivity index (χ0v) is 10.7. The molecule has 0 radical (unpaired) electrons. The van der Waals surface area contributed by atoms with Crippen LogP contribution in [0.4, 0.5) is 5.69 Å². The van der Waals surface area contributed by atoms with Gasteiger partial charge in [0, 0.05) is 18.4 Å². The van der Waals surface area contributed by atoms with Gasteiger partial charge in [0.25, 0.3) is 0 Å². The van der Waals surface area contributed by atoms with Crippen LogP contribution in [0, 0.1) is 13.8 Å². The van der Waals surface area contributed by atoms with E-state index in [0.717, 1.165) is 13.1 Å². The molecule has 0 atom stereocenters. The molecule has 3 heteroatoms. The summed E-state index contributed by atoms with van der Waals surface area (Å²) in [5.74, 6) is 0. The maximum absolute atomic E-state index is 4.17. The molecular formula is C14H19N3. The van der Waals surface area contributed by atoms with Crippen molar-refractivity contribution >= 4 is 5.69 Å². The lowest BCUT2D eigenvalue weighted by molar-refractivity contribution is 0.719. The van der Waals surface area contributed by atoms with Crippen LogP contribution in [0.2, 0.25) is 0 Å². The molecule has 2 rings (SSSR count). The van der Waals surface area contributed by atoms with Gasteiger partial charge in [-0.1, -0.05) is 12.1 Å². The molecule has 2 aromatic rings. The fourth-order valence-corrected chi connectivity index (χ4v) is 1.89. The number of hydrogen-bond acceptors (Lipinski definition) is 2. The standard InChI is InChI=1S/C14H19N3/c1-4-17-10-15-8-13(17)9-16-14-7-11(2)5-6-12(14)3/h5-8,10,16H,4,9H2,1-3H3. The summed E-state index contributed by atoms with van der Waals surface area (Å²) in [6.45, 7) is 8.14. The number of nitrogens with one attached hydrogen (secondary N) is 1. The summed E-state index contributed by atoms with van der Waals surface area (Å²) >= 11 is 0. The SMILES string of the molecule is CCn1cncc1CNc1cc(C)ccc1C. The fourth-order valence-electron chi connectivity index (χ4n) is 1.89. The van der Waals surface area contributed by atoms with Crippen molar-refractivity contribution in [1.29, 1.82) is 0 Å². The van der Waals surface area contributed by atoms with Gasteiger partial charge in [0.1, 0.15) is 0 Å². The van der Waals surface area contributed by atoms with Crippen molar-refractivity contribution in [1.82, 2.24) is 9.55 Å². The Bertz CT molecular complexity index is 500. The number of benzene rings is 1. The van der Waals surface area contributed by atoms with E-state index < -0.39 is 0 Å². The first-order chi connectivity index (χ1) is 8.20.